The Morgan fingerprint density at radius 2 is 1.69 bits per heavy atom. The SMILES string of the molecule is CC[C@@H](O)[C@@](C)(O)[C@@H]1OC(=O)[C@H](C)[C@@H](O[C@H]2CC(C)(OC)[C@@H](O)C(C)O2)[C@H](C)[C@@H](O[C@@H]2OC(C)CC(NC)C2O)C2(C)CC(C)C(O2)[C@@H]1C. The summed E-state index contributed by atoms with van der Waals surface area (Å²) in [4.78, 5) is 14.2. The molecule has 4 aliphatic heterocycles. The van der Waals surface area contributed by atoms with Gasteiger partial charge in [0, 0.05) is 31.4 Å². The lowest BCUT2D eigenvalue weighted by molar-refractivity contribution is -0.316. The number of fused-ring (bicyclic) bond motifs is 2. The van der Waals surface area contributed by atoms with Crippen LogP contribution in [0.15, 0.2) is 0 Å². The fourth-order valence-corrected chi connectivity index (χ4v) is 9.00. The molecule has 0 aromatic carbocycles. The van der Waals surface area contributed by atoms with E-state index in [0.717, 1.165) is 0 Å². The molecule has 13 nitrogen and oxygen atoms in total. The van der Waals surface area contributed by atoms with E-state index >= 15 is 0 Å². The van der Waals surface area contributed by atoms with Crippen LogP contribution in [-0.2, 0) is 38.0 Å². The summed E-state index contributed by atoms with van der Waals surface area (Å²) in [5, 5.41) is 48.1. The Morgan fingerprint density at radius 3 is 2.29 bits per heavy atom. The molecule has 0 saturated carbocycles. The third kappa shape index (κ3) is 8.02. The van der Waals surface area contributed by atoms with Gasteiger partial charge in [0.05, 0.1) is 53.7 Å². The zero-order valence-electron chi connectivity index (χ0n) is 31.6. The maximum Gasteiger partial charge on any atom is 0.311 e. The predicted molar refractivity (Wildman–Crippen MR) is 179 cm³/mol. The zero-order valence-corrected chi connectivity index (χ0v) is 31.6. The third-order valence-corrected chi connectivity index (χ3v) is 12.1. The first kappa shape index (κ1) is 40.8. The maximum absolute atomic E-state index is 14.2. The van der Waals surface area contributed by atoms with Crippen molar-refractivity contribution in [3.63, 3.8) is 0 Å². The molecule has 5 N–H and O–H groups in total. The average molecular weight is 704 g/mol. The normalized spacial score (nSPS) is 50.2. The van der Waals surface area contributed by atoms with E-state index in [1.807, 2.05) is 27.7 Å². The summed E-state index contributed by atoms with van der Waals surface area (Å²) in [6.45, 7) is 18.3. The van der Waals surface area contributed by atoms with Crippen molar-refractivity contribution in [3.05, 3.63) is 0 Å². The molecule has 0 amide bonds. The van der Waals surface area contributed by atoms with E-state index < -0.39 is 102 Å². The average Bonchev–Trinajstić information content (AvgIpc) is 3.37. The summed E-state index contributed by atoms with van der Waals surface area (Å²) >= 11 is 0. The van der Waals surface area contributed by atoms with Gasteiger partial charge in [0.25, 0.3) is 0 Å². The van der Waals surface area contributed by atoms with Crippen molar-refractivity contribution in [2.45, 2.75) is 185 Å². The molecule has 286 valence electrons. The lowest BCUT2D eigenvalue weighted by Gasteiger charge is -2.48. The van der Waals surface area contributed by atoms with Gasteiger partial charge >= 0.3 is 5.97 Å². The van der Waals surface area contributed by atoms with E-state index in [0.29, 0.717) is 12.8 Å². The molecular weight excluding hydrogens is 638 g/mol. The van der Waals surface area contributed by atoms with Gasteiger partial charge < -0.3 is 58.9 Å². The van der Waals surface area contributed by atoms with Gasteiger partial charge in [0.1, 0.15) is 23.9 Å². The molecule has 0 aliphatic carbocycles. The molecule has 0 aromatic rings. The van der Waals surface area contributed by atoms with Crippen molar-refractivity contribution >= 4 is 5.97 Å². The fourth-order valence-electron chi connectivity index (χ4n) is 9.00. The lowest BCUT2D eigenvalue weighted by atomic mass is 9.76. The minimum Gasteiger partial charge on any atom is -0.459 e. The number of carbonyl (C=O) groups is 1. The highest BCUT2D eigenvalue weighted by Crippen LogP contribution is 2.48. The molecule has 0 radical (unpaired) electrons. The molecule has 8 unspecified atom stereocenters. The monoisotopic (exact) mass is 703 g/mol. The smallest absolute Gasteiger partial charge is 0.311 e. The van der Waals surface area contributed by atoms with Crippen LogP contribution in [0.25, 0.3) is 0 Å². The lowest BCUT2D eigenvalue weighted by Crippen LogP contribution is -2.60. The highest BCUT2D eigenvalue weighted by atomic mass is 16.7. The van der Waals surface area contributed by atoms with Crippen LogP contribution in [0.4, 0.5) is 0 Å². The zero-order chi connectivity index (χ0) is 36.8. The number of rotatable bonds is 9. The van der Waals surface area contributed by atoms with Gasteiger partial charge in [-0.3, -0.25) is 4.79 Å². The van der Waals surface area contributed by atoms with Crippen molar-refractivity contribution in [1.29, 1.82) is 0 Å². The molecule has 19 atom stereocenters. The van der Waals surface area contributed by atoms with Gasteiger partial charge in [-0.1, -0.05) is 27.7 Å². The second-order valence-corrected chi connectivity index (χ2v) is 16.1. The van der Waals surface area contributed by atoms with Crippen molar-refractivity contribution in [2.75, 3.05) is 14.2 Å². The topological polar surface area (TPSA) is 175 Å². The van der Waals surface area contributed by atoms with Crippen LogP contribution in [0.5, 0.6) is 0 Å². The summed E-state index contributed by atoms with van der Waals surface area (Å²) in [5.41, 5.74) is -3.72. The Kier molecular flexibility index (Phi) is 13.0. The van der Waals surface area contributed by atoms with Gasteiger partial charge in [0.2, 0.25) is 0 Å². The van der Waals surface area contributed by atoms with Crippen LogP contribution in [0.1, 0.15) is 94.9 Å². The number of methoxy groups -OCH3 is 1. The molecule has 13 heteroatoms. The van der Waals surface area contributed by atoms with E-state index in [4.69, 9.17) is 33.2 Å². The first-order chi connectivity index (χ1) is 22.7. The summed E-state index contributed by atoms with van der Waals surface area (Å²) in [7, 11) is 3.32. The number of ether oxygens (including phenoxy) is 7. The van der Waals surface area contributed by atoms with Crippen LogP contribution < -0.4 is 5.32 Å². The number of likely N-dealkylation sites (N-methyl/N-ethyl adjacent to an activating group) is 1. The van der Waals surface area contributed by atoms with E-state index in [2.05, 4.69) is 12.2 Å². The first-order valence-corrected chi connectivity index (χ1v) is 18.2. The maximum atomic E-state index is 14.2. The first-order valence-electron chi connectivity index (χ1n) is 18.2. The Balaban J connectivity index is 1.82. The number of hydrogen-bond acceptors (Lipinski definition) is 13. The van der Waals surface area contributed by atoms with E-state index in [9.17, 15) is 25.2 Å². The summed E-state index contributed by atoms with van der Waals surface area (Å²) in [6, 6.07) is -0.264. The van der Waals surface area contributed by atoms with Crippen molar-refractivity contribution < 1.29 is 58.4 Å². The number of cyclic esters (lactones) is 1. The van der Waals surface area contributed by atoms with E-state index in [1.165, 1.54) is 14.0 Å². The molecule has 4 fully saturated rings. The summed E-state index contributed by atoms with van der Waals surface area (Å²) < 4.78 is 44.9. The molecule has 49 heavy (non-hydrogen) atoms. The quantitative estimate of drug-likeness (QED) is 0.222. The Hall–Kier alpha value is -0.970. The van der Waals surface area contributed by atoms with Gasteiger partial charge in [0.15, 0.2) is 12.6 Å². The number of nitrogens with one attached hydrogen (secondary N) is 1. The molecule has 4 aliphatic rings. The summed E-state index contributed by atoms with van der Waals surface area (Å²) in [6.07, 6.45) is -7.41. The van der Waals surface area contributed by atoms with Crippen molar-refractivity contribution in [3.8, 4) is 0 Å². The van der Waals surface area contributed by atoms with Gasteiger partial charge in [-0.2, -0.15) is 0 Å². The van der Waals surface area contributed by atoms with Crippen LogP contribution in [0.3, 0.4) is 0 Å². The Labute approximate surface area is 292 Å². The Morgan fingerprint density at radius 1 is 1.04 bits per heavy atom. The third-order valence-electron chi connectivity index (χ3n) is 12.1. The summed E-state index contributed by atoms with van der Waals surface area (Å²) in [5.74, 6) is -2.67. The number of carbonyl (C=O) groups excluding carboxylic acids is 1. The van der Waals surface area contributed by atoms with E-state index in [1.54, 1.807) is 34.7 Å². The standard InChI is InChI=1S/C36H65NO12/c1-13-24(38)36(10,42)31-19(4)27-17(2)15-35(9,49-27)30(48-33-26(39)23(37-11)14-18(3)44-33)20(5)28(21(6)32(41)47-31)46-25-16-34(8,43-12)29(40)22(7)45-25/h17-31,33,37-40,42H,13-16H2,1-12H3/t17?,18?,19-,20-,21+,22?,23?,24+,25-,26?,27?,28-,29-,30+,31+,33-,34?,35?,36+/m0/s1. The highest BCUT2D eigenvalue weighted by molar-refractivity contribution is 5.73. The molecule has 2 bridgehead atoms. The number of hydrogen-bond donors (Lipinski definition) is 5. The molecular formula is C36H65NO12. The molecule has 0 aromatic heterocycles. The second kappa shape index (κ2) is 15.6. The van der Waals surface area contributed by atoms with E-state index in [-0.39, 0.29) is 30.9 Å². The van der Waals surface area contributed by atoms with Gasteiger partial charge in [-0.25, -0.2) is 0 Å². The predicted octanol–water partition coefficient (Wildman–Crippen LogP) is 2.28. The minimum absolute atomic E-state index is 0.0575. The minimum atomic E-state index is -1.78. The Bertz CT molecular complexity index is 1110. The van der Waals surface area contributed by atoms with Crippen LogP contribution in [-0.4, -0.2) is 131 Å². The van der Waals surface area contributed by atoms with Crippen molar-refractivity contribution in [2.24, 2.45) is 23.7 Å². The van der Waals surface area contributed by atoms with Crippen molar-refractivity contribution in [1.82, 2.24) is 5.32 Å². The molecule has 4 heterocycles. The van der Waals surface area contributed by atoms with Gasteiger partial charge in [-0.15, -0.1) is 0 Å². The van der Waals surface area contributed by atoms with Crippen LogP contribution in [0.2, 0.25) is 0 Å². The highest BCUT2D eigenvalue weighted by Gasteiger charge is 2.58. The second-order valence-electron chi connectivity index (χ2n) is 16.1. The van der Waals surface area contributed by atoms with Gasteiger partial charge in [-0.05, 0) is 73.8 Å². The largest absolute Gasteiger partial charge is 0.459 e. The number of aliphatic hydroxyl groups excluding tert-OH is 3. The van der Waals surface area contributed by atoms with Crippen LogP contribution in [0, 0.1) is 23.7 Å². The fraction of sp³-hybridized carbons (Fsp3) is 0.972. The molecule has 0 spiro atoms. The van der Waals surface area contributed by atoms with Crippen LogP contribution >= 0.6 is 0 Å². The molecule has 4 rings (SSSR count). The number of aliphatic hydroxyl groups is 4. The number of esters is 1. The molecule has 4 saturated heterocycles.